The maximum Gasteiger partial charge on any atom is 0.222 e. The lowest BCUT2D eigenvalue weighted by Gasteiger charge is -2.39. The first-order chi connectivity index (χ1) is 11.5. The monoisotopic (exact) mass is 328 g/mol. The van der Waals surface area contributed by atoms with Crippen LogP contribution in [0.1, 0.15) is 35.7 Å². The molecule has 2 N–H and O–H groups in total. The summed E-state index contributed by atoms with van der Waals surface area (Å²) in [6, 6.07) is 7.61. The van der Waals surface area contributed by atoms with Gasteiger partial charge in [0.1, 0.15) is 5.75 Å². The number of hydrogen-bond donors (Lipinski definition) is 2. The Morgan fingerprint density at radius 1 is 1.33 bits per heavy atom. The van der Waals surface area contributed by atoms with Gasteiger partial charge in [0.15, 0.2) is 0 Å². The number of piperidine rings is 1. The van der Waals surface area contributed by atoms with Crippen molar-refractivity contribution in [3.05, 3.63) is 47.3 Å². The van der Waals surface area contributed by atoms with Gasteiger partial charge in [-0.25, -0.2) is 0 Å². The first-order valence-electron chi connectivity index (χ1n) is 8.23. The number of benzene rings is 1. The number of hydrogen-bond acceptors (Lipinski definition) is 4. The van der Waals surface area contributed by atoms with E-state index in [-0.39, 0.29) is 18.0 Å². The van der Waals surface area contributed by atoms with Crippen LogP contribution >= 0.6 is 0 Å². The van der Waals surface area contributed by atoms with E-state index in [4.69, 9.17) is 0 Å². The van der Waals surface area contributed by atoms with E-state index in [1.54, 1.807) is 17.2 Å². The van der Waals surface area contributed by atoms with Crippen LogP contribution in [0.15, 0.2) is 30.5 Å². The van der Waals surface area contributed by atoms with Gasteiger partial charge in [-0.3, -0.25) is 9.48 Å². The van der Waals surface area contributed by atoms with Gasteiger partial charge >= 0.3 is 0 Å². The second kappa shape index (κ2) is 6.65. The van der Waals surface area contributed by atoms with Crippen molar-refractivity contribution in [1.29, 1.82) is 0 Å². The quantitative estimate of drug-likeness (QED) is 0.899. The van der Waals surface area contributed by atoms with Gasteiger partial charge in [-0.05, 0) is 25.5 Å². The van der Waals surface area contributed by atoms with Crippen LogP contribution in [0.2, 0.25) is 0 Å². The predicted octanol–water partition coefficient (Wildman–Crippen LogP) is 1.89. The highest BCUT2D eigenvalue weighted by Crippen LogP contribution is 2.31. The highest BCUT2D eigenvalue weighted by molar-refractivity contribution is 5.77. The Kier molecular flexibility index (Phi) is 4.57. The Hall–Kier alpha value is -2.34. The average molecular weight is 328 g/mol. The van der Waals surface area contributed by atoms with Crippen LogP contribution in [-0.2, 0) is 18.4 Å². The fourth-order valence-corrected chi connectivity index (χ4v) is 3.43. The number of phenols is 1. The SMILES string of the molecule is Cc1ccc(O)c(CN[C@H]2CCC(=O)N(C)[C@@H]2c2ccnn2C)c1. The van der Waals surface area contributed by atoms with E-state index in [0.29, 0.717) is 18.7 Å². The van der Waals surface area contributed by atoms with E-state index in [9.17, 15) is 9.90 Å². The van der Waals surface area contributed by atoms with Crippen LogP contribution in [0.4, 0.5) is 0 Å². The smallest absolute Gasteiger partial charge is 0.222 e. The van der Waals surface area contributed by atoms with Crippen molar-refractivity contribution in [3.63, 3.8) is 0 Å². The zero-order chi connectivity index (χ0) is 17.3. The second-order valence-electron chi connectivity index (χ2n) is 6.49. The van der Waals surface area contributed by atoms with Crippen LogP contribution in [0.3, 0.4) is 0 Å². The standard InChI is InChI=1S/C18H24N4O2/c1-12-4-6-16(23)13(10-12)11-19-14-5-7-17(24)21(2)18(14)15-8-9-20-22(15)3/h4,6,8-10,14,18-19,23H,5,7,11H2,1-3H3/t14-,18-/m0/s1. The number of likely N-dealkylation sites (N-methyl/N-ethyl adjacent to an activating group) is 1. The number of carbonyl (C=O) groups excluding carboxylic acids is 1. The van der Waals surface area contributed by atoms with Crippen molar-refractivity contribution in [2.75, 3.05) is 7.05 Å². The fraction of sp³-hybridized carbons (Fsp3) is 0.444. The third-order valence-corrected chi connectivity index (χ3v) is 4.81. The molecule has 1 aliphatic rings. The van der Waals surface area contributed by atoms with Gasteiger partial charge < -0.3 is 15.3 Å². The molecule has 0 radical (unpaired) electrons. The van der Waals surface area contributed by atoms with Gasteiger partial charge in [0.25, 0.3) is 0 Å². The van der Waals surface area contributed by atoms with E-state index in [0.717, 1.165) is 23.2 Å². The fourth-order valence-electron chi connectivity index (χ4n) is 3.43. The number of carbonyl (C=O) groups is 1. The lowest BCUT2D eigenvalue weighted by atomic mass is 9.93. The molecule has 0 unspecified atom stereocenters. The lowest BCUT2D eigenvalue weighted by molar-refractivity contribution is -0.136. The molecule has 1 aliphatic heterocycles. The summed E-state index contributed by atoms with van der Waals surface area (Å²) in [5, 5.41) is 17.8. The third-order valence-electron chi connectivity index (χ3n) is 4.81. The lowest BCUT2D eigenvalue weighted by Crippen LogP contribution is -2.49. The summed E-state index contributed by atoms with van der Waals surface area (Å²) in [6.07, 6.45) is 3.06. The molecule has 1 fully saturated rings. The minimum atomic E-state index is -0.0642. The first-order valence-corrected chi connectivity index (χ1v) is 8.23. The molecular weight excluding hydrogens is 304 g/mol. The van der Waals surface area contributed by atoms with Crippen molar-refractivity contribution >= 4 is 5.91 Å². The minimum absolute atomic E-state index is 0.0642. The number of likely N-dealkylation sites (tertiary alicyclic amines) is 1. The molecule has 0 saturated carbocycles. The minimum Gasteiger partial charge on any atom is -0.508 e. The van der Waals surface area contributed by atoms with Gasteiger partial charge in [0, 0.05) is 44.9 Å². The van der Waals surface area contributed by atoms with Crippen molar-refractivity contribution in [2.24, 2.45) is 7.05 Å². The van der Waals surface area contributed by atoms with Gasteiger partial charge in [-0.1, -0.05) is 17.7 Å². The number of aryl methyl sites for hydroxylation is 2. The zero-order valence-corrected chi connectivity index (χ0v) is 14.4. The van der Waals surface area contributed by atoms with Crippen LogP contribution in [0.5, 0.6) is 5.75 Å². The Balaban J connectivity index is 1.81. The molecule has 2 atom stereocenters. The average Bonchev–Trinajstić information content (AvgIpc) is 2.97. The summed E-state index contributed by atoms with van der Waals surface area (Å²) in [7, 11) is 3.74. The number of rotatable bonds is 4. The number of nitrogens with one attached hydrogen (secondary N) is 1. The number of phenolic OH excluding ortho intramolecular Hbond substituents is 1. The Morgan fingerprint density at radius 3 is 2.83 bits per heavy atom. The normalized spacial score (nSPS) is 21.3. The van der Waals surface area contributed by atoms with Crippen molar-refractivity contribution < 1.29 is 9.90 Å². The van der Waals surface area contributed by atoms with Gasteiger partial charge in [-0.2, -0.15) is 5.10 Å². The summed E-state index contributed by atoms with van der Waals surface area (Å²) >= 11 is 0. The molecule has 128 valence electrons. The molecule has 6 nitrogen and oxygen atoms in total. The molecule has 3 rings (SSSR count). The molecule has 2 aromatic rings. The van der Waals surface area contributed by atoms with Crippen molar-refractivity contribution in [2.45, 2.75) is 38.4 Å². The zero-order valence-electron chi connectivity index (χ0n) is 14.4. The molecule has 1 saturated heterocycles. The predicted molar refractivity (Wildman–Crippen MR) is 91.4 cm³/mol. The molecule has 0 aliphatic carbocycles. The summed E-state index contributed by atoms with van der Waals surface area (Å²) in [5.74, 6) is 0.447. The second-order valence-corrected chi connectivity index (χ2v) is 6.49. The molecule has 6 heteroatoms. The van der Waals surface area contributed by atoms with Gasteiger partial charge in [0.05, 0.1) is 11.7 Å². The number of nitrogens with zero attached hydrogens (tertiary/aromatic N) is 3. The summed E-state index contributed by atoms with van der Waals surface area (Å²) in [5.41, 5.74) is 3.00. The van der Waals surface area contributed by atoms with Crippen LogP contribution in [-0.4, -0.2) is 38.8 Å². The van der Waals surface area contributed by atoms with Crippen molar-refractivity contribution in [3.8, 4) is 5.75 Å². The summed E-state index contributed by atoms with van der Waals surface area (Å²) in [6.45, 7) is 2.57. The Bertz CT molecular complexity index is 740. The van der Waals surface area contributed by atoms with E-state index in [2.05, 4.69) is 10.4 Å². The summed E-state index contributed by atoms with van der Waals surface area (Å²) in [4.78, 5) is 14.0. The molecular formula is C18H24N4O2. The van der Waals surface area contributed by atoms with E-state index < -0.39 is 0 Å². The van der Waals surface area contributed by atoms with E-state index in [1.165, 1.54) is 0 Å². The molecule has 1 aromatic carbocycles. The first kappa shape index (κ1) is 16.5. The van der Waals surface area contributed by atoms with Crippen molar-refractivity contribution in [1.82, 2.24) is 20.0 Å². The van der Waals surface area contributed by atoms with Gasteiger partial charge in [0.2, 0.25) is 5.91 Å². The van der Waals surface area contributed by atoms with Crippen LogP contribution in [0, 0.1) is 6.92 Å². The van der Waals surface area contributed by atoms with Gasteiger partial charge in [-0.15, -0.1) is 0 Å². The third kappa shape index (κ3) is 3.14. The number of amides is 1. The topological polar surface area (TPSA) is 70.4 Å². The number of aromatic hydroxyl groups is 1. The Morgan fingerprint density at radius 2 is 2.12 bits per heavy atom. The van der Waals surface area contributed by atoms with E-state index >= 15 is 0 Å². The molecule has 0 bridgehead atoms. The summed E-state index contributed by atoms with van der Waals surface area (Å²) < 4.78 is 1.82. The molecule has 1 aromatic heterocycles. The largest absolute Gasteiger partial charge is 0.508 e. The van der Waals surface area contributed by atoms with Crippen LogP contribution in [0.25, 0.3) is 0 Å². The maximum atomic E-state index is 12.2. The highest BCUT2D eigenvalue weighted by atomic mass is 16.3. The number of aromatic nitrogens is 2. The highest BCUT2D eigenvalue weighted by Gasteiger charge is 2.36. The van der Waals surface area contributed by atoms with E-state index in [1.807, 2.05) is 43.9 Å². The molecule has 2 heterocycles. The van der Waals surface area contributed by atoms with Crippen LogP contribution < -0.4 is 5.32 Å². The molecule has 1 amide bonds. The molecule has 0 spiro atoms. The molecule has 24 heavy (non-hydrogen) atoms. The maximum absolute atomic E-state index is 12.2. The Labute approximate surface area is 142 Å².